The van der Waals surface area contributed by atoms with Gasteiger partial charge in [-0.1, -0.05) is 88.5 Å². The molecule has 0 aliphatic rings. The topological polar surface area (TPSA) is 26.5 Å². The van der Waals surface area contributed by atoms with Gasteiger partial charge in [0.1, 0.15) is 0 Å². The largest absolute Gasteiger partial charge is 4.00 e. The second kappa shape index (κ2) is 18.4. The van der Waals surface area contributed by atoms with E-state index in [1.54, 1.807) is 0 Å². The second-order valence-corrected chi connectivity index (χ2v) is 11.0. The number of aliphatic imine (C=N–C) groups is 1. The van der Waals surface area contributed by atoms with E-state index in [0.29, 0.717) is 18.4 Å². The Morgan fingerprint density at radius 2 is 1.20 bits per heavy atom. The Morgan fingerprint density at radius 1 is 0.732 bits per heavy atom. The molecule has 0 N–H and O–H groups in total. The maximum atomic E-state index is 5.20. The Bertz CT molecular complexity index is 1210. The molecule has 0 amide bonds. The number of benzene rings is 4. The van der Waals surface area contributed by atoms with Gasteiger partial charge < -0.3 is 5.32 Å². The summed E-state index contributed by atoms with van der Waals surface area (Å²) in [6, 6.07) is 37.6. The summed E-state index contributed by atoms with van der Waals surface area (Å²) in [6.45, 7) is 23.4. The third kappa shape index (κ3) is 13.0. The zero-order valence-corrected chi connectivity index (χ0v) is 28.4. The molecule has 3 heteroatoms. The minimum Gasteiger partial charge on any atom is -0.674 e. The minimum atomic E-state index is -0.344. The summed E-state index contributed by atoms with van der Waals surface area (Å²) in [5.41, 5.74) is 7.72. The van der Waals surface area contributed by atoms with Crippen LogP contribution in [-0.2, 0) is 32.7 Å². The Balaban J connectivity index is 0.000000453. The minimum absolute atomic E-state index is 0. The van der Waals surface area contributed by atoms with Crippen LogP contribution >= 0.6 is 0 Å². The summed E-state index contributed by atoms with van der Waals surface area (Å²) in [4.78, 5) is 4.80. The maximum absolute atomic E-state index is 5.20. The molecule has 0 radical (unpaired) electrons. The first-order valence-electron chi connectivity index (χ1n) is 14.1. The molecule has 0 heterocycles. The molecule has 0 spiro atoms. The van der Waals surface area contributed by atoms with E-state index in [4.69, 9.17) is 10.3 Å². The Kier molecular flexibility index (Phi) is 16.2. The van der Waals surface area contributed by atoms with E-state index in [2.05, 4.69) is 92.6 Å². The van der Waals surface area contributed by atoms with Crippen LogP contribution in [-0.4, -0.2) is 11.3 Å². The molecule has 41 heavy (non-hydrogen) atoms. The normalized spacial score (nSPS) is 11.0. The van der Waals surface area contributed by atoms with Crippen LogP contribution in [0.4, 0.5) is 5.69 Å². The molecular formula is C38H46N2Zr. The van der Waals surface area contributed by atoms with Crippen LogP contribution in [0.25, 0.3) is 5.32 Å². The van der Waals surface area contributed by atoms with Crippen molar-refractivity contribution < 1.29 is 26.2 Å². The SMILES string of the molecule is CC(=NCc1[c-]cccc1)C(C)(C)[N-]c1c(C(C)C)cccc1C(C)C.[CH2-]c1ccccc1.[CH2-]c1ccccc1.[Zr+4]. The van der Waals surface area contributed by atoms with Crippen LogP contribution in [0.5, 0.6) is 0 Å². The number of nitrogens with zero attached hydrogens (tertiary/aromatic N) is 2. The van der Waals surface area contributed by atoms with Gasteiger partial charge in [-0.2, -0.15) is 79.6 Å². The molecule has 4 aromatic rings. The van der Waals surface area contributed by atoms with Crippen molar-refractivity contribution in [3.8, 4) is 0 Å². The predicted octanol–water partition coefficient (Wildman–Crippen LogP) is 10.9. The summed E-state index contributed by atoms with van der Waals surface area (Å²) in [6.07, 6.45) is 0. The van der Waals surface area contributed by atoms with Gasteiger partial charge in [0.25, 0.3) is 0 Å². The molecule has 4 aromatic carbocycles. The summed E-state index contributed by atoms with van der Waals surface area (Å²) in [5.74, 6) is 0.888. The molecule has 2 nitrogen and oxygen atoms in total. The van der Waals surface area contributed by atoms with Crippen molar-refractivity contribution >= 4 is 11.4 Å². The molecule has 0 saturated carbocycles. The maximum Gasteiger partial charge on any atom is 4.00 e. The Labute approximate surface area is 269 Å². The van der Waals surface area contributed by atoms with E-state index in [1.165, 1.54) is 11.1 Å². The van der Waals surface area contributed by atoms with E-state index in [0.717, 1.165) is 28.1 Å². The van der Waals surface area contributed by atoms with Crippen LogP contribution in [0.2, 0.25) is 0 Å². The third-order valence-electron chi connectivity index (χ3n) is 6.56. The van der Waals surface area contributed by atoms with Crippen LogP contribution in [0, 0.1) is 19.9 Å². The van der Waals surface area contributed by atoms with Crippen LogP contribution in [0.3, 0.4) is 0 Å². The Morgan fingerprint density at radius 3 is 1.56 bits per heavy atom. The van der Waals surface area contributed by atoms with E-state index in [1.807, 2.05) is 78.9 Å². The smallest absolute Gasteiger partial charge is 0.674 e. The first-order chi connectivity index (χ1) is 19.0. The standard InChI is InChI=1S/C24H32N2.2C7H7.Zr/c1-17(2)21-14-11-15-22(18(3)4)23(21)26-24(6,7)19(5)25-16-20-12-9-8-10-13-20;2*1-7-5-3-2-4-6-7;/h8-12,14-15,17-18H,16H2,1-7H3;2*2-6H,1H2;/q-2;2*-1;+4. The van der Waals surface area contributed by atoms with Gasteiger partial charge in [0.05, 0.1) is 0 Å². The molecule has 212 valence electrons. The fourth-order valence-electron chi connectivity index (χ4n) is 3.88. The van der Waals surface area contributed by atoms with Crippen LogP contribution in [0.1, 0.15) is 88.1 Å². The first kappa shape index (κ1) is 36.0. The van der Waals surface area contributed by atoms with Crippen molar-refractivity contribution in [1.82, 2.24) is 0 Å². The van der Waals surface area contributed by atoms with Gasteiger partial charge in [0, 0.05) is 6.54 Å². The second-order valence-electron chi connectivity index (χ2n) is 11.0. The molecule has 0 atom stereocenters. The van der Waals surface area contributed by atoms with Crippen molar-refractivity contribution in [2.45, 2.75) is 72.4 Å². The number of para-hydroxylation sites is 1. The van der Waals surface area contributed by atoms with Crippen molar-refractivity contribution in [2.75, 3.05) is 0 Å². The van der Waals surface area contributed by atoms with Crippen molar-refractivity contribution in [1.29, 1.82) is 0 Å². The molecule has 0 bridgehead atoms. The monoisotopic (exact) mass is 620 g/mol. The van der Waals surface area contributed by atoms with Crippen LogP contribution in [0.15, 0.2) is 108 Å². The van der Waals surface area contributed by atoms with Gasteiger partial charge in [-0.05, 0) is 24.5 Å². The van der Waals surface area contributed by atoms with E-state index >= 15 is 0 Å². The molecule has 0 aliphatic heterocycles. The van der Waals surface area contributed by atoms with E-state index < -0.39 is 0 Å². The summed E-state index contributed by atoms with van der Waals surface area (Å²) >= 11 is 0. The van der Waals surface area contributed by atoms with Gasteiger partial charge in [0.15, 0.2) is 0 Å². The van der Waals surface area contributed by atoms with Crippen molar-refractivity contribution in [2.24, 2.45) is 4.99 Å². The van der Waals surface area contributed by atoms with E-state index in [9.17, 15) is 0 Å². The zero-order valence-electron chi connectivity index (χ0n) is 26.0. The van der Waals surface area contributed by atoms with Gasteiger partial charge in [0.2, 0.25) is 0 Å². The molecule has 0 aliphatic carbocycles. The predicted molar refractivity (Wildman–Crippen MR) is 176 cm³/mol. The fourth-order valence-corrected chi connectivity index (χ4v) is 3.88. The van der Waals surface area contributed by atoms with Gasteiger partial charge in [-0.3, -0.25) is 4.99 Å². The number of hydrogen-bond acceptors (Lipinski definition) is 1. The van der Waals surface area contributed by atoms with Gasteiger partial charge in [-0.25, -0.2) is 0 Å². The van der Waals surface area contributed by atoms with Crippen LogP contribution < -0.4 is 0 Å². The average molecular weight is 622 g/mol. The summed E-state index contributed by atoms with van der Waals surface area (Å²) in [5, 5.41) is 5.20. The summed E-state index contributed by atoms with van der Waals surface area (Å²) < 4.78 is 0. The fraction of sp³-hybridized carbons (Fsp3) is 0.289. The summed E-state index contributed by atoms with van der Waals surface area (Å²) in [7, 11) is 0. The zero-order chi connectivity index (χ0) is 29.5. The average Bonchev–Trinajstić information content (AvgIpc) is 2.93. The molecule has 0 unspecified atom stereocenters. The number of hydrogen-bond donors (Lipinski definition) is 0. The number of rotatable bonds is 7. The van der Waals surface area contributed by atoms with Gasteiger partial charge >= 0.3 is 26.2 Å². The van der Waals surface area contributed by atoms with Crippen molar-refractivity contribution in [3.05, 3.63) is 156 Å². The van der Waals surface area contributed by atoms with Crippen molar-refractivity contribution in [3.63, 3.8) is 0 Å². The molecule has 0 aromatic heterocycles. The first-order valence-corrected chi connectivity index (χ1v) is 14.1. The molecule has 0 fully saturated rings. The van der Waals surface area contributed by atoms with E-state index in [-0.39, 0.29) is 31.7 Å². The molecule has 4 rings (SSSR count). The Hall–Kier alpha value is -3.03. The molecule has 0 saturated heterocycles. The molecular weight excluding hydrogens is 576 g/mol. The quantitative estimate of drug-likeness (QED) is 0.145. The third-order valence-corrected chi connectivity index (χ3v) is 6.56. The van der Waals surface area contributed by atoms with Gasteiger partial charge in [-0.15, -0.1) is 35.5 Å².